The first-order chi connectivity index (χ1) is 9.38. The number of primary amides is 1. The Balaban J connectivity index is 2.21. The predicted molar refractivity (Wildman–Crippen MR) is 65.8 cm³/mol. The fourth-order valence-electron chi connectivity index (χ4n) is 2.29. The van der Waals surface area contributed by atoms with Crippen molar-refractivity contribution in [2.75, 3.05) is 26.2 Å². The summed E-state index contributed by atoms with van der Waals surface area (Å²) >= 11 is 0. The van der Waals surface area contributed by atoms with Crippen LogP contribution < -0.4 is 5.73 Å². The highest BCUT2D eigenvalue weighted by Crippen LogP contribution is 2.36. The molecular formula is C13H15F3N2O2. The maximum Gasteiger partial charge on any atom is 0.416 e. The number of rotatable bonds is 3. The van der Waals surface area contributed by atoms with E-state index in [1.54, 1.807) is 11.0 Å². The second-order valence-corrected chi connectivity index (χ2v) is 4.65. The number of hydrogen-bond donors (Lipinski definition) is 1. The number of benzene rings is 1. The third-order valence-electron chi connectivity index (χ3n) is 3.14. The van der Waals surface area contributed by atoms with Crippen LogP contribution in [0, 0.1) is 0 Å². The van der Waals surface area contributed by atoms with Gasteiger partial charge in [0.25, 0.3) is 0 Å². The first kappa shape index (κ1) is 14.8. The van der Waals surface area contributed by atoms with Crippen LogP contribution in [0.5, 0.6) is 0 Å². The molecule has 2 N–H and O–H groups in total. The lowest BCUT2D eigenvalue weighted by atomic mass is 10.0. The van der Waals surface area contributed by atoms with Crippen molar-refractivity contribution in [3.63, 3.8) is 0 Å². The Morgan fingerprint density at radius 3 is 2.75 bits per heavy atom. The Bertz CT molecular complexity index is 491. The zero-order valence-corrected chi connectivity index (χ0v) is 10.7. The number of alkyl halides is 3. The maximum absolute atomic E-state index is 13.0. The Kier molecular flexibility index (Phi) is 4.29. The summed E-state index contributed by atoms with van der Waals surface area (Å²) in [4.78, 5) is 12.6. The topological polar surface area (TPSA) is 55.6 Å². The summed E-state index contributed by atoms with van der Waals surface area (Å²) in [6.45, 7) is 0.988. The number of nitrogens with two attached hydrogens (primary N) is 1. The van der Waals surface area contributed by atoms with Gasteiger partial charge in [0.2, 0.25) is 5.91 Å². The summed E-state index contributed by atoms with van der Waals surface area (Å²) in [5.41, 5.74) is 4.49. The molecule has 0 saturated carbocycles. The van der Waals surface area contributed by atoms with E-state index in [0.29, 0.717) is 6.54 Å². The molecule has 1 saturated heterocycles. The molecule has 4 nitrogen and oxygen atoms in total. The lowest BCUT2D eigenvalue weighted by molar-refractivity contribution is -0.141. The van der Waals surface area contributed by atoms with Crippen LogP contribution >= 0.6 is 0 Å². The average molecular weight is 288 g/mol. The minimum Gasteiger partial charge on any atom is -0.371 e. The molecule has 1 amide bonds. The fraction of sp³-hybridized carbons (Fsp3) is 0.462. The monoisotopic (exact) mass is 288 g/mol. The Morgan fingerprint density at radius 1 is 1.40 bits per heavy atom. The zero-order chi connectivity index (χ0) is 14.8. The lowest BCUT2D eigenvalue weighted by Crippen LogP contribution is -2.43. The smallest absolute Gasteiger partial charge is 0.371 e. The van der Waals surface area contributed by atoms with E-state index in [4.69, 9.17) is 10.5 Å². The zero-order valence-electron chi connectivity index (χ0n) is 10.7. The molecule has 1 atom stereocenters. The van der Waals surface area contributed by atoms with Crippen LogP contribution in [0.1, 0.15) is 17.2 Å². The van der Waals surface area contributed by atoms with Crippen molar-refractivity contribution in [1.29, 1.82) is 0 Å². The highest BCUT2D eigenvalue weighted by Gasteiger charge is 2.36. The molecule has 1 aliphatic heterocycles. The van der Waals surface area contributed by atoms with Crippen LogP contribution in [0.25, 0.3) is 0 Å². The van der Waals surface area contributed by atoms with Crippen molar-refractivity contribution in [2.45, 2.75) is 12.3 Å². The molecular weight excluding hydrogens is 273 g/mol. The Hall–Kier alpha value is -1.60. The minimum atomic E-state index is -4.42. The quantitative estimate of drug-likeness (QED) is 0.918. The second-order valence-electron chi connectivity index (χ2n) is 4.65. The van der Waals surface area contributed by atoms with E-state index < -0.39 is 23.8 Å². The van der Waals surface area contributed by atoms with Gasteiger partial charge in [0.1, 0.15) is 0 Å². The first-order valence-electron chi connectivity index (χ1n) is 6.16. The predicted octanol–water partition coefficient (Wildman–Crippen LogP) is 1.56. The van der Waals surface area contributed by atoms with Crippen molar-refractivity contribution in [2.24, 2.45) is 5.73 Å². The normalized spacial score (nSPS) is 20.9. The highest BCUT2D eigenvalue weighted by atomic mass is 19.4. The van der Waals surface area contributed by atoms with E-state index in [-0.39, 0.29) is 25.3 Å². The van der Waals surface area contributed by atoms with Gasteiger partial charge in [-0.3, -0.25) is 9.69 Å². The van der Waals surface area contributed by atoms with Crippen LogP contribution in [0.4, 0.5) is 13.2 Å². The van der Waals surface area contributed by atoms with Crippen LogP contribution in [0.3, 0.4) is 0 Å². The molecule has 110 valence electrons. The SMILES string of the molecule is NC(=O)CN1CCO[C@H](c2ccccc2C(F)(F)F)C1. The summed E-state index contributed by atoms with van der Waals surface area (Å²) < 4.78 is 44.3. The molecule has 1 aromatic carbocycles. The van der Waals surface area contributed by atoms with Crippen molar-refractivity contribution >= 4 is 5.91 Å². The van der Waals surface area contributed by atoms with Crippen LogP contribution in [-0.4, -0.2) is 37.0 Å². The minimum absolute atomic E-state index is 0.0219. The van der Waals surface area contributed by atoms with Gasteiger partial charge in [-0.1, -0.05) is 18.2 Å². The lowest BCUT2D eigenvalue weighted by Gasteiger charge is -2.33. The van der Waals surface area contributed by atoms with Crippen molar-refractivity contribution in [3.05, 3.63) is 35.4 Å². The van der Waals surface area contributed by atoms with Crippen LogP contribution in [-0.2, 0) is 15.7 Å². The first-order valence-corrected chi connectivity index (χ1v) is 6.16. The second kappa shape index (κ2) is 5.80. The number of halogens is 3. The van der Waals surface area contributed by atoms with Gasteiger partial charge in [-0.15, -0.1) is 0 Å². The number of ether oxygens (including phenoxy) is 1. The average Bonchev–Trinajstić information content (AvgIpc) is 2.37. The van der Waals surface area contributed by atoms with Gasteiger partial charge < -0.3 is 10.5 Å². The number of morpholine rings is 1. The fourth-order valence-corrected chi connectivity index (χ4v) is 2.29. The van der Waals surface area contributed by atoms with Gasteiger partial charge in [0.15, 0.2) is 0 Å². The summed E-state index contributed by atoms with van der Waals surface area (Å²) in [5, 5.41) is 0. The van der Waals surface area contributed by atoms with Crippen molar-refractivity contribution < 1.29 is 22.7 Å². The maximum atomic E-state index is 13.0. The van der Waals surface area contributed by atoms with E-state index in [1.807, 2.05) is 0 Å². The molecule has 0 unspecified atom stereocenters. The highest BCUT2D eigenvalue weighted by molar-refractivity contribution is 5.75. The van der Waals surface area contributed by atoms with E-state index in [9.17, 15) is 18.0 Å². The molecule has 1 fully saturated rings. The summed E-state index contributed by atoms with van der Waals surface area (Å²) in [5.74, 6) is -0.505. The van der Waals surface area contributed by atoms with E-state index in [2.05, 4.69) is 0 Å². The molecule has 20 heavy (non-hydrogen) atoms. The molecule has 7 heteroatoms. The third kappa shape index (κ3) is 3.49. The number of carbonyl (C=O) groups excluding carboxylic acids is 1. The van der Waals surface area contributed by atoms with Gasteiger partial charge in [0.05, 0.1) is 24.8 Å². The Labute approximate surface area is 114 Å². The van der Waals surface area contributed by atoms with Crippen molar-refractivity contribution in [3.8, 4) is 0 Å². The van der Waals surface area contributed by atoms with Gasteiger partial charge in [-0.25, -0.2) is 0 Å². The Morgan fingerprint density at radius 2 is 2.10 bits per heavy atom. The van der Waals surface area contributed by atoms with Gasteiger partial charge in [-0.05, 0) is 11.6 Å². The standard InChI is InChI=1S/C13H15F3N2O2/c14-13(15,16)10-4-2-1-3-9(10)11-7-18(5-6-20-11)8-12(17)19/h1-4,11H,5-8H2,(H2,17,19)/t11-/m0/s1. The molecule has 0 aromatic heterocycles. The summed E-state index contributed by atoms with van der Waals surface area (Å²) in [6.07, 6.45) is -5.13. The number of amides is 1. The molecule has 1 aliphatic rings. The van der Waals surface area contributed by atoms with Crippen molar-refractivity contribution in [1.82, 2.24) is 4.90 Å². The molecule has 0 aliphatic carbocycles. The number of carbonyl (C=O) groups is 1. The largest absolute Gasteiger partial charge is 0.416 e. The third-order valence-corrected chi connectivity index (χ3v) is 3.14. The van der Waals surface area contributed by atoms with Gasteiger partial charge in [-0.2, -0.15) is 13.2 Å². The van der Waals surface area contributed by atoms with Crippen LogP contribution in [0.15, 0.2) is 24.3 Å². The molecule has 0 radical (unpaired) electrons. The van der Waals surface area contributed by atoms with Gasteiger partial charge in [0, 0.05) is 13.1 Å². The van der Waals surface area contributed by atoms with E-state index in [0.717, 1.165) is 6.07 Å². The van der Waals surface area contributed by atoms with Crippen LogP contribution in [0.2, 0.25) is 0 Å². The molecule has 0 bridgehead atoms. The number of nitrogens with zero attached hydrogens (tertiary/aromatic N) is 1. The molecule has 1 heterocycles. The summed E-state index contributed by atoms with van der Waals surface area (Å²) in [6, 6.07) is 5.32. The molecule has 0 spiro atoms. The summed E-state index contributed by atoms with van der Waals surface area (Å²) in [7, 11) is 0. The molecule has 1 aromatic rings. The van der Waals surface area contributed by atoms with Gasteiger partial charge >= 0.3 is 6.18 Å². The number of hydrogen-bond acceptors (Lipinski definition) is 3. The molecule has 2 rings (SSSR count). The van der Waals surface area contributed by atoms with E-state index >= 15 is 0 Å². The van der Waals surface area contributed by atoms with E-state index in [1.165, 1.54) is 12.1 Å².